The van der Waals surface area contributed by atoms with E-state index in [9.17, 15) is 0 Å². The van der Waals surface area contributed by atoms with E-state index in [-0.39, 0.29) is 0 Å². The number of nitrogens with one attached hydrogen (secondary N) is 1. The third-order valence-electron chi connectivity index (χ3n) is 3.00. The molecular formula is C15H16Br2INS. The van der Waals surface area contributed by atoms with E-state index in [1.165, 1.54) is 23.0 Å². The van der Waals surface area contributed by atoms with Gasteiger partial charge >= 0.3 is 0 Å². The lowest BCUT2D eigenvalue weighted by Gasteiger charge is -2.20. The van der Waals surface area contributed by atoms with Crippen LogP contribution in [0.4, 0.5) is 0 Å². The summed E-state index contributed by atoms with van der Waals surface area (Å²) >= 11 is 11.4. The van der Waals surface area contributed by atoms with Crippen LogP contribution in [0.3, 0.4) is 0 Å². The van der Waals surface area contributed by atoms with E-state index in [4.69, 9.17) is 0 Å². The van der Waals surface area contributed by atoms with Gasteiger partial charge in [-0.3, -0.25) is 0 Å². The molecule has 0 bridgehead atoms. The number of halogens is 3. The third-order valence-corrected chi connectivity index (χ3v) is 6.11. The number of hydrogen-bond acceptors (Lipinski definition) is 2. The Bertz CT molecular complexity index is 571. The summed E-state index contributed by atoms with van der Waals surface area (Å²) in [6, 6.07) is 9.10. The Balaban J connectivity index is 2.24. The average molecular weight is 529 g/mol. The number of thiophene rings is 1. The number of rotatable bonds is 6. The molecule has 108 valence electrons. The van der Waals surface area contributed by atoms with Crippen molar-refractivity contribution in [3.8, 4) is 0 Å². The van der Waals surface area contributed by atoms with Crippen molar-refractivity contribution in [1.29, 1.82) is 0 Å². The Morgan fingerprint density at radius 3 is 2.75 bits per heavy atom. The van der Waals surface area contributed by atoms with Crippen molar-refractivity contribution in [1.82, 2.24) is 5.32 Å². The predicted molar refractivity (Wildman–Crippen MR) is 104 cm³/mol. The molecule has 0 amide bonds. The maximum Gasteiger partial charge on any atom is 0.0380 e. The Hall–Kier alpha value is 0.570. The monoisotopic (exact) mass is 527 g/mol. The lowest BCUT2D eigenvalue weighted by molar-refractivity contribution is 0.530. The molecule has 2 aromatic rings. The highest BCUT2D eigenvalue weighted by molar-refractivity contribution is 14.1. The highest BCUT2D eigenvalue weighted by atomic mass is 127. The van der Waals surface area contributed by atoms with Crippen molar-refractivity contribution < 1.29 is 0 Å². The number of benzene rings is 1. The fourth-order valence-corrected chi connectivity index (χ4v) is 4.59. The van der Waals surface area contributed by atoms with E-state index < -0.39 is 0 Å². The fourth-order valence-electron chi connectivity index (χ4n) is 2.05. The van der Waals surface area contributed by atoms with Gasteiger partial charge in [-0.15, -0.1) is 11.3 Å². The molecule has 1 nitrogen and oxygen atoms in total. The molecule has 0 spiro atoms. The molecule has 0 saturated heterocycles. The molecule has 0 saturated carbocycles. The molecule has 1 atom stereocenters. The normalized spacial score (nSPS) is 12.6. The smallest absolute Gasteiger partial charge is 0.0380 e. The van der Waals surface area contributed by atoms with Crippen LogP contribution >= 0.6 is 65.8 Å². The molecule has 1 aromatic heterocycles. The summed E-state index contributed by atoms with van der Waals surface area (Å²) in [5.74, 6) is 0. The van der Waals surface area contributed by atoms with E-state index in [1.807, 2.05) is 11.3 Å². The Labute approximate surface area is 155 Å². The standard InChI is InChI=1S/C15H16Br2INS/c1-2-5-19-15(8-12-6-10(16)9-20-12)13-7-11(18)3-4-14(13)17/h3-4,6-7,9,15,19H,2,5,8H2,1H3. The summed E-state index contributed by atoms with van der Waals surface area (Å²) in [5.41, 5.74) is 1.34. The fraction of sp³-hybridized carbons (Fsp3) is 0.333. The molecule has 1 heterocycles. The van der Waals surface area contributed by atoms with E-state index in [0.29, 0.717) is 6.04 Å². The van der Waals surface area contributed by atoms with E-state index in [0.717, 1.165) is 19.4 Å². The lowest BCUT2D eigenvalue weighted by atomic mass is 10.0. The van der Waals surface area contributed by atoms with Gasteiger partial charge in [0.25, 0.3) is 0 Å². The van der Waals surface area contributed by atoms with Crippen LogP contribution in [0, 0.1) is 3.57 Å². The zero-order valence-corrected chi connectivity index (χ0v) is 17.3. The summed E-state index contributed by atoms with van der Waals surface area (Å²) < 4.78 is 3.63. The first-order valence-electron chi connectivity index (χ1n) is 6.51. The van der Waals surface area contributed by atoms with Gasteiger partial charge in [0, 0.05) is 35.2 Å². The predicted octanol–water partition coefficient (Wildman–Crippen LogP) is 6.16. The topological polar surface area (TPSA) is 12.0 Å². The van der Waals surface area contributed by atoms with E-state index in [1.54, 1.807) is 0 Å². The minimum absolute atomic E-state index is 0.351. The van der Waals surface area contributed by atoms with Crippen LogP contribution in [0.2, 0.25) is 0 Å². The van der Waals surface area contributed by atoms with E-state index >= 15 is 0 Å². The van der Waals surface area contributed by atoms with Crippen LogP contribution in [0.1, 0.15) is 29.8 Å². The Kier molecular flexibility index (Phi) is 7.00. The van der Waals surface area contributed by atoms with Crippen LogP contribution in [0.5, 0.6) is 0 Å². The van der Waals surface area contributed by atoms with Gasteiger partial charge in [-0.2, -0.15) is 0 Å². The van der Waals surface area contributed by atoms with Gasteiger partial charge in [0.05, 0.1) is 0 Å². The van der Waals surface area contributed by atoms with Crippen molar-refractivity contribution in [2.45, 2.75) is 25.8 Å². The second kappa shape index (κ2) is 8.27. The summed E-state index contributed by atoms with van der Waals surface area (Å²) in [6.07, 6.45) is 2.17. The minimum Gasteiger partial charge on any atom is -0.310 e. The molecule has 1 aromatic carbocycles. The van der Waals surface area contributed by atoms with Crippen molar-refractivity contribution in [3.05, 3.63) is 52.6 Å². The van der Waals surface area contributed by atoms with Crippen LogP contribution in [0.15, 0.2) is 38.6 Å². The van der Waals surface area contributed by atoms with Gasteiger partial charge in [0.15, 0.2) is 0 Å². The molecule has 1 unspecified atom stereocenters. The van der Waals surface area contributed by atoms with Gasteiger partial charge in [0.2, 0.25) is 0 Å². The Morgan fingerprint density at radius 1 is 1.30 bits per heavy atom. The highest BCUT2D eigenvalue weighted by Gasteiger charge is 2.16. The zero-order chi connectivity index (χ0) is 14.5. The van der Waals surface area contributed by atoms with Crippen LogP contribution in [0.25, 0.3) is 0 Å². The first-order chi connectivity index (χ1) is 9.60. The average Bonchev–Trinajstić information content (AvgIpc) is 2.83. The minimum atomic E-state index is 0.351. The maximum absolute atomic E-state index is 3.69. The summed E-state index contributed by atoms with van der Waals surface area (Å²) in [5, 5.41) is 5.82. The van der Waals surface area contributed by atoms with Crippen molar-refractivity contribution in [2.24, 2.45) is 0 Å². The lowest BCUT2D eigenvalue weighted by Crippen LogP contribution is -2.24. The molecular weight excluding hydrogens is 513 g/mol. The SMILES string of the molecule is CCCNC(Cc1cc(Br)cs1)c1cc(I)ccc1Br. The molecule has 5 heteroatoms. The maximum atomic E-state index is 3.69. The van der Waals surface area contributed by atoms with Gasteiger partial charge < -0.3 is 5.32 Å². The second-order valence-electron chi connectivity index (χ2n) is 4.61. The van der Waals surface area contributed by atoms with E-state index in [2.05, 4.69) is 96.3 Å². The molecule has 0 fully saturated rings. The van der Waals surface area contributed by atoms with Crippen molar-refractivity contribution in [3.63, 3.8) is 0 Å². The van der Waals surface area contributed by atoms with Crippen LogP contribution in [-0.4, -0.2) is 6.54 Å². The van der Waals surface area contributed by atoms with Crippen molar-refractivity contribution >= 4 is 65.8 Å². The molecule has 20 heavy (non-hydrogen) atoms. The molecule has 0 aliphatic heterocycles. The second-order valence-corrected chi connectivity index (χ2v) is 8.62. The quantitative estimate of drug-likeness (QED) is 0.443. The largest absolute Gasteiger partial charge is 0.310 e. The zero-order valence-electron chi connectivity index (χ0n) is 11.1. The van der Waals surface area contributed by atoms with Crippen LogP contribution < -0.4 is 5.32 Å². The highest BCUT2D eigenvalue weighted by Crippen LogP contribution is 2.30. The first kappa shape index (κ1) is 16.9. The summed E-state index contributed by atoms with van der Waals surface area (Å²) in [7, 11) is 0. The summed E-state index contributed by atoms with van der Waals surface area (Å²) in [6.45, 7) is 3.24. The molecule has 0 radical (unpaired) electrons. The van der Waals surface area contributed by atoms with Crippen molar-refractivity contribution in [2.75, 3.05) is 6.54 Å². The van der Waals surface area contributed by atoms with Gasteiger partial charge in [0.1, 0.15) is 0 Å². The number of hydrogen-bond donors (Lipinski definition) is 1. The molecule has 0 aliphatic carbocycles. The molecule has 1 N–H and O–H groups in total. The summed E-state index contributed by atoms with van der Waals surface area (Å²) in [4.78, 5) is 1.40. The third kappa shape index (κ3) is 4.80. The molecule has 2 rings (SSSR count). The Morgan fingerprint density at radius 2 is 2.10 bits per heavy atom. The van der Waals surface area contributed by atoms with Crippen LogP contribution in [-0.2, 0) is 6.42 Å². The first-order valence-corrected chi connectivity index (χ1v) is 10.1. The molecule has 0 aliphatic rings. The van der Waals surface area contributed by atoms with Gasteiger partial charge in [-0.05, 0) is 81.3 Å². The van der Waals surface area contributed by atoms with Gasteiger partial charge in [-0.1, -0.05) is 22.9 Å². The van der Waals surface area contributed by atoms with Gasteiger partial charge in [-0.25, -0.2) is 0 Å².